The maximum Gasteiger partial charge on any atom is 0.303 e. The molecule has 0 spiro atoms. The van der Waals surface area contributed by atoms with Crippen LogP contribution in [0.25, 0.3) is 0 Å². The summed E-state index contributed by atoms with van der Waals surface area (Å²) >= 11 is 0. The fraction of sp³-hybridized carbons (Fsp3) is 0.842. The van der Waals surface area contributed by atoms with Gasteiger partial charge >= 0.3 is 5.97 Å². The molecule has 4 atom stereocenters. The second-order valence-corrected chi connectivity index (χ2v) is 9.37. The molecule has 26 heavy (non-hydrogen) atoms. The number of carboxylic acid groups (broad SMARTS) is 1. The number of nitrogens with one attached hydrogen (secondary N) is 1. The number of hydrogen-bond donors (Lipinski definition) is 2. The maximum absolute atomic E-state index is 12.1. The topological polar surface area (TPSA) is 92.7 Å². The van der Waals surface area contributed by atoms with Crippen LogP contribution in [-0.4, -0.2) is 44.0 Å². The summed E-state index contributed by atoms with van der Waals surface area (Å²) in [6.07, 6.45) is 13.6. The summed E-state index contributed by atoms with van der Waals surface area (Å²) < 4.78 is 33.0. The predicted molar refractivity (Wildman–Crippen MR) is 100 cm³/mol. The van der Waals surface area contributed by atoms with E-state index in [-0.39, 0.29) is 30.3 Å². The molecule has 2 N–H and O–H groups in total. The van der Waals surface area contributed by atoms with Crippen LogP contribution in [0, 0.1) is 24.2 Å². The van der Waals surface area contributed by atoms with E-state index in [4.69, 9.17) is 16.3 Å². The highest BCUT2D eigenvalue weighted by atomic mass is 32.2. The molecule has 2 bridgehead atoms. The Morgan fingerprint density at radius 3 is 2.50 bits per heavy atom. The summed E-state index contributed by atoms with van der Waals surface area (Å²) in [4.78, 5) is 10.5. The van der Waals surface area contributed by atoms with Gasteiger partial charge in [0.05, 0.1) is 18.0 Å². The predicted octanol–water partition coefficient (Wildman–Crippen LogP) is 2.54. The first kappa shape index (κ1) is 21.2. The van der Waals surface area contributed by atoms with Crippen LogP contribution < -0.4 is 4.72 Å². The van der Waals surface area contributed by atoms with Crippen LogP contribution >= 0.6 is 0 Å². The minimum atomic E-state index is -3.28. The van der Waals surface area contributed by atoms with Gasteiger partial charge in [-0.05, 0) is 38.0 Å². The number of unbranched alkanes of at least 4 members (excludes halogenated alkanes) is 4. The zero-order chi connectivity index (χ0) is 19.0. The SMILES string of the molecule is C#CCCCS(=O)(=O)NCC1C2CCC(O2)C1CCCCCCC(=O)O. The average molecular weight is 386 g/mol. The number of fused-ring (bicyclic) bond motifs is 2. The van der Waals surface area contributed by atoms with E-state index >= 15 is 0 Å². The van der Waals surface area contributed by atoms with Gasteiger partial charge in [0.25, 0.3) is 0 Å². The van der Waals surface area contributed by atoms with Crippen molar-refractivity contribution >= 4 is 16.0 Å². The van der Waals surface area contributed by atoms with Crippen molar-refractivity contribution in [2.24, 2.45) is 11.8 Å². The number of sulfonamides is 1. The van der Waals surface area contributed by atoms with Gasteiger partial charge in [-0.25, -0.2) is 13.1 Å². The lowest BCUT2D eigenvalue weighted by atomic mass is 9.76. The third-order valence-electron chi connectivity index (χ3n) is 5.54. The Balaban J connectivity index is 1.74. The van der Waals surface area contributed by atoms with Crippen molar-refractivity contribution < 1.29 is 23.1 Å². The standard InChI is InChI=1S/C19H31NO5S/c1-2-3-8-13-26(23,24)20-14-16-15(17-11-12-18(16)25-17)9-6-4-5-7-10-19(21)22/h1,15-18,20H,3-14H2,(H,21,22). The van der Waals surface area contributed by atoms with Crippen molar-refractivity contribution in [3.05, 3.63) is 0 Å². The lowest BCUT2D eigenvalue weighted by Crippen LogP contribution is -2.39. The van der Waals surface area contributed by atoms with E-state index in [1.54, 1.807) is 0 Å². The summed E-state index contributed by atoms with van der Waals surface area (Å²) in [5.41, 5.74) is 0. The van der Waals surface area contributed by atoms with Crippen LogP contribution in [0.1, 0.15) is 64.2 Å². The van der Waals surface area contributed by atoms with Crippen LogP contribution in [0.2, 0.25) is 0 Å². The van der Waals surface area contributed by atoms with Crippen LogP contribution in [0.4, 0.5) is 0 Å². The van der Waals surface area contributed by atoms with E-state index in [0.717, 1.165) is 44.9 Å². The number of carbonyl (C=O) groups is 1. The van der Waals surface area contributed by atoms with Gasteiger partial charge in [-0.15, -0.1) is 12.3 Å². The monoisotopic (exact) mass is 385 g/mol. The number of carboxylic acids is 1. The van der Waals surface area contributed by atoms with Gasteiger partial charge in [0, 0.05) is 25.3 Å². The highest BCUT2D eigenvalue weighted by Gasteiger charge is 2.48. The Morgan fingerprint density at radius 1 is 1.12 bits per heavy atom. The van der Waals surface area contributed by atoms with Gasteiger partial charge in [-0.1, -0.05) is 19.3 Å². The number of aliphatic carboxylic acids is 1. The van der Waals surface area contributed by atoms with Crippen molar-refractivity contribution in [1.29, 1.82) is 0 Å². The van der Waals surface area contributed by atoms with Crippen molar-refractivity contribution in [1.82, 2.24) is 4.72 Å². The van der Waals surface area contributed by atoms with Crippen molar-refractivity contribution in [2.45, 2.75) is 76.4 Å². The van der Waals surface area contributed by atoms with Gasteiger partial charge in [-0.3, -0.25) is 4.79 Å². The summed E-state index contributed by atoms with van der Waals surface area (Å²) in [5.74, 6) is 2.46. The molecule has 0 aromatic carbocycles. The van der Waals surface area contributed by atoms with Crippen LogP contribution in [-0.2, 0) is 19.6 Å². The molecule has 2 fully saturated rings. The third kappa shape index (κ3) is 6.57. The second-order valence-electron chi connectivity index (χ2n) is 7.44. The lowest BCUT2D eigenvalue weighted by Gasteiger charge is -2.28. The molecule has 0 aliphatic carbocycles. The first-order chi connectivity index (χ1) is 12.4. The Labute approximate surface area is 157 Å². The quantitative estimate of drug-likeness (QED) is 0.375. The molecule has 0 aromatic rings. The van der Waals surface area contributed by atoms with Crippen molar-refractivity contribution in [3.63, 3.8) is 0 Å². The smallest absolute Gasteiger partial charge is 0.303 e. The van der Waals surface area contributed by atoms with Gasteiger partial charge in [-0.2, -0.15) is 0 Å². The van der Waals surface area contributed by atoms with Crippen LogP contribution in [0.3, 0.4) is 0 Å². The Morgan fingerprint density at radius 2 is 1.81 bits per heavy atom. The molecule has 0 saturated carbocycles. The molecule has 148 valence electrons. The molecular weight excluding hydrogens is 354 g/mol. The van der Waals surface area contributed by atoms with Crippen LogP contribution in [0.15, 0.2) is 0 Å². The van der Waals surface area contributed by atoms with Crippen molar-refractivity contribution in [3.8, 4) is 12.3 Å². The van der Waals surface area contributed by atoms with Gasteiger partial charge < -0.3 is 9.84 Å². The fourth-order valence-electron chi connectivity index (χ4n) is 4.22. The minimum Gasteiger partial charge on any atom is -0.481 e. The number of terminal acetylenes is 1. The minimum absolute atomic E-state index is 0.0765. The van der Waals surface area contributed by atoms with E-state index in [1.807, 2.05) is 0 Å². The molecule has 2 aliphatic rings. The summed E-state index contributed by atoms with van der Waals surface area (Å²) in [6.45, 7) is 0.448. The van der Waals surface area contributed by atoms with Crippen LogP contribution in [0.5, 0.6) is 0 Å². The molecule has 2 saturated heterocycles. The first-order valence-electron chi connectivity index (χ1n) is 9.71. The molecule has 6 nitrogen and oxygen atoms in total. The van der Waals surface area contributed by atoms with E-state index in [9.17, 15) is 13.2 Å². The highest BCUT2D eigenvalue weighted by molar-refractivity contribution is 7.89. The third-order valence-corrected chi connectivity index (χ3v) is 6.97. The van der Waals surface area contributed by atoms with Gasteiger partial charge in [0.1, 0.15) is 0 Å². The number of rotatable bonds is 13. The molecule has 7 heteroatoms. The second kappa shape index (κ2) is 10.3. The molecule has 2 aliphatic heterocycles. The normalized spacial score (nSPS) is 27.5. The highest BCUT2D eigenvalue weighted by Crippen LogP contribution is 2.45. The van der Waals surface area contributed by atoms with E-state index < -0.39 is 16.0 Å². The molecule has 0 radical (unpaired) electrons. The number of ether oxygens (including phenoxy) is 1. The van der Waals surface area contributed by atoms with E-state index in [1.165, 1.54) is 0 Å². The zero-order valence-electron chi connectivity index (χ0n) is 15.4. The molecule has 0 aromatic heterocycles. The summed E-state index contributed by atoms with van der Waals surface area (Å²) in [7, 11) is -3.28. The van der Waals surface area contributed by atoms with E-state index in [2.05, 4.69) is 10.6 Å². The molecular formula is C19H31NO5S. The largest absolute Gasteiger partial charge is 0.481 e. The molecule has 0 amide bonds. The maximum atomic E-state index is 12.1. The first-order valence-corrected chi connectivity index (χ1v) is 11.4. The van der Waals surface area contributed by atoms with E-state index in [0.29, 0.717) is 25.3 Å². The molecule has 2 rings (SSSR count). The Kier molecular flexibility index (Phi) is 8.39. The number of hydrogen-bond acceptors (Lipinski definition) is 4. The lowest BCUT2D eigenvalue weighted by molar-refractivity contribution is -0.137. The molecule has 4 unspecified atom stereocenters. The Hall–Kier alpha value is -1.10. The average Bonchev–Trinajstić information content (AvgIpc) is 3.17. The fourth-order valence-corrected chi connectivity index (χ4v) is 5.34. The summed E-state index contributed by atoms with van der Waals surface area (Å²) in [6, 6.07) is 0. The molecule has 2 heterocycles. The van der Waals surface area contributed by atoms with Crippen molar-refractivity contribution in [2.75, 3.05) is 12.3 Å². The zero-order valence-corrected chi connectivity index (χ0v) is 16.2. The van der Waals surface area contributed by atoms with Gasteiger partial charge in [0.2, 0.25) is 10.0 Å². The summed E-state index contributed by atoms with van der Waals surface area (Å²) in [5, 5.41) is 8.66. The van der Waals surface area contributed by atoms with Gasteiger partial charge in [0.15, 0.2) is 0 Å². The Bertz CT molecular complexity index is 598.